The fourth-order valence-corrected chi connectivity index (χ4v) is 3.06. The van der Waals surface area contributed by atoms with Crippen molar-refractivity contribution < 1.29 is 33.6 Å². The Hall–Kier alpha value is 1.39. The maximum atomic E-state index is 3.42. The minimum Gasteiger partial charge on any atom is -0.813 e. The summed E-state index contributed by atoms with van der Waals surface area (Å²) in [6.45, 7) is 17.7. The summed E-state index contributed by atoms with van der Waals surface area (Å²) in [7, 11) is 0. The molecule has 0 saturated carbocycles. The number of thiol groups is 2. The van der Waals surface area contributed by atoms with Crippen LogP contribution in [0.1, 0.15) is 25.7 Å². The van der Waals surface area contributed by atoms with Gasteiger partial charge in [0.1, 0.15) is 0 Å². The molecule has 2 aliphatic heterocycles. The van der Waals surface area contributed by atoms with Gasteiger partial charge in [-0.3, -0.25) is 0 Å². The molecule has 12 heteroatoms. The Labute approximate surface area is 232 Å². The Morgan fingerprint density at radius 1 is 0.219 bits per heavy atom. The minimum atomic E-state index is 0. The third-order valence-electron chi connectivity index (χ3n) is 4.74. The quantitative estimate of drug-likeness (QED) is 0.118. The van der Waals surface area contributed by atoms with Crippen molar-refractivity contribution in [2.24, 2.45) is 0 Å². The van der Waals surface area contributed by atoms with E-state index in [0.717, 1.165) is 105 Å². The molecule has 2 fully saturated rings. The summed E-state index contributed by atoms with van der Waals surface area (Å²) in [5, 5.41) is 27.4. The Morgan fingerprint density at radius 2 is 0.344 bits per heavy atom. The second-order valence-corrected chi connectivity index (χ2v) is 7.41. The van der Waals surface area contributed by atoms with Crippen LogP contribution in [0.25, 0.3) is 0 Å². The van der Waals surface area contributed by atoms with Gasteiger partial charge >= 0.3 is 0 Å². The van der Waals surface area contributed by atoms with E-state index in [2.05, 4.69) is 42.5 Å². The minimum absolute atomic E-state index is 0. The van der Waals surface area contributed by atoms with Crippen molar-refractivity contribution in [1.29, 1.82) is 0 Å². The summed E-state index contributed by atoms with van der Waals surface area (Å²) in [5.41, 5.74) is 0. The number of nitrogens with one attached hydrogen (secondary N) is 8. The molecule has 32 heavy (non-hydrogen) atoms. The summed E-state index contributed by atoms with van der Waals surface area (Å²) in [5.74, 6) is 0. The molecular weight excluding hydrogens is 534 g/mol. The SMILES string of the molecule is C1CNCCNCCCNCCNC1.C1CNCCNCCCNCCNC1.[Co].[Co].[SH-].[SH-]. The van der Waals surface area contributed by atoms with Gasteiger partial charge in [-0.2, -0.15) is 0 Å². The van der Waals surface area contributed by atoms with E-state index in [1.165, 1.54) is 25.7 Å². The second-order valence-electron chi connectivity index (χ2n) is 7.41. The van der Waals surface area contributed by atoms with Crippen LogP contribution in [0.3, 0.4) is 0 Å². The molecule has 0 aromatic heterocycles. The zero-order valence-corrected chi connectivity index (χ0v) is 23.6. The Bertz CT molecular complexity index is 180. The second kappa shape index (κ2) is 37.0. The maximum Gasteiger partial charge on any atom is 0.00767 e. The molecule has 8 N–H and O–H groups in total. The Balaban J connectivity index is -0.000000218. The van der Waals surface area contributed by atoms with Crippen molar-refractivity contribution >= 4 is 27.0 Å². The molecule has 0 atom stereocenters. The fourth-order valence-electron chi connectivity index (χ4n) is 3.06. The van der Waals surface area contributed by atoms with Gasteiger partial charge in [-0.1, -0.05) is 0 Å². The van der Waals surface area contributed by atoms with Gasteiger partial charge in [0.2, 0.25) is 0 Å². The smallest absolute Gasteiger partial charge is 0.00767 e. The Kier molecular flexibility index (Phi) is 46.8. The summed E-state index contributed by atoms with van der Waals surface area (Å²) in [6, 6.07) is 0. The first kappa shape index (κ1) is 40.6. The predicted octanol–water partition coefficient (Wildman–Crippen LogP) is -2.27. The standard InChI is InChI=1S/2C10H24N4.2Co.2H2S/c2*1-3-11-7-9-13-5-2-6-14-10-8-12-4-1;;;;/h2*11-14H,1-10H2;;;2*1H2/p-2. The molecule has 2 heterocycles. The predicted molar refractivity (Wildman–Crippen MR) is 139 cm³/mol. The van der Waals surface area contributed by atoms with Crippen LogP contribution in [-0.4, -0.2) is 105 Å². The van der Waals surface area contributed by atoms with E-state index in [-0.39, 0.29) is 60.5 Å². The number of hydrogen-bond donors (Lipinski definition) is 8. The van der Waals surface area contributed by atoms with Crippen LogP contribution in [0.2, 0.25) is 0 Å². The van der Waals surface area contributed by atoms with E-state index in [4.69, 9.17) is 0 Å². The summed E-state index contributed by atoms with van der Waals surface area (Å²) < 4.78 is 0. The molecule has 8 nitrogen and oxygen atoms in total. The molecule has 2 rings (SSSR count). The summed E-state index contributed by atoms with van der Waals surface area (Å²) in [6.07, 6.45) is 4.89. The molecule has 0 unspecified atom stereocenters. The molecular formula is C20H50Co2N8S2-2. The van der Waals surface area contributed by atoms with Crippen molar-refractivity contribution in [3.05, 3.63) is 0 Å². The van der Waals surface area contributed by atoms with E-state index in [1.54, 1.807) is 0 Å². The first-order valence-electron chi connectivity index (χ1n) is 11.7. The van der Waals surface area contributed by atoms with E-state index in [1.807, 2.05) is 0 Å². The van der Waals surface area contributed by atoms with Crippen LogP contribution < -0.4 is 42.5 Å². The number of hydrogen-bond acceptors (Lipinski definition) is 10. The maximum absolute atomic E-state index is 3.42. The van der Waals surface area contributed by atoms with Crippen molar-refractivity contribution in [3.63, 3.8) is 0 Å². The summed E-state index contributed by atoms with van der Waals surface area (Å²) >= 11 is 0. The van der Waals surface area contributed by atoms with Gasteiger partial charge in [0.25, 0.3) is 0 Å². The third kappa shape index (κ3) is 33.6. The molecule has 0 aromatic carbocycles. The van der Waals surface area contributed by atoms with Crippen molar-refractivity contribution in [2.45, 2.75) is 25.7 Å². The van der Waals surface area contributed by atoms with Gasteiger partial charge in [-0.05, 0) is 78.0 Å². The van der Waals surface area contributed by atoms with Crippen molar-refractivity contribution in [2.75, 3.05) is 105 Å². The largest absolute Gasteiger partial charge is 0.813 e. The molecule has 2 radical (unpaired) electrons. The monoisotopic (exact) mass is 584 g/mol. The average molecular weight is 585 g/mol. The van der Waals surface area contributed by atoms with Crippen molar-refractivity contribution in [3.8, 4) is 0 Å². The van der Waals surface area contributed by atoms with Gasteiger partial charge in [0.15, 0.2) is 0 Å². The molecule has 0 spiro atoms. The summed E-state index contributed by atoms with van der Waals surface area (Å²) in [4.78, 5) is 0. The van der Waals surface area contributed by atoms with E-state index < -0.39 is 0 Å². The molecule has 0 aliphatic carbocycles. The van der Waals surface area contributed by atoms with E-state index >= 15 is 0 Å². The topological polar surface area (TPSA) is 96.2 Å². The zero-order chi connectivity index (χ0) is 19.8. The molecule has 0 bridgehead atoms. The number of rotatable bonds is 0. The molecule has 0 aromatic rings. The molecule has 202 valence electrons. The normalized spacial score (nSPS) is 21.0. The van der Waals surface area contributed by atoms with Crippen LogP contribution in [0.5, 0.6) is 0 Å². The van der Waals surface area contributed by atoms with Crippen LogP contribution in [-0.2, 0) is 60.5 Å². The van der Waals surface area contributed by atoms with Gasteiger partial charge < -0.3 is 69.5 Å². The van der Waals surface area contributed by atoms with Gasteiger partial charge in [0, 0.05) is 85.9 Å². The van der Waals surface area contributed by atoms with Gasteiger partial charge in [-0.15, -0.1) is 0 Å². The average Bonchev–Trinajstić information content (AvgIpc) is 2.72. The van der Waals surface area contributed by atoms with Gasteiger partial charge in [-0.25, -0.2) is 0 Å². The van der Waals surface area contributed by atoms with Crippen LogP contribution in [0.15, 0.2) is 0 Å². The van der Waals surface area contributed by atoms with Crippen LogP contribution in [0, 0.1) is 0 Å². The van der Waals surface area contributed by atoms with Crippen LogP contribution in [0.4, 0.5) is 0 Å². The van der Waals surface area contributed by atoms with Crippen LogP contribution >= 0.6 is 0 Å². The first-order chi connectivity index (χ1) is 14.0. The van der Waals surface area contributed by atoms with Gasteiger partial charge in [0.05, 0.1) is 0 Å². The third-order valence-corrected chi connectivity index (χ3v) is 4.74. The molecule has 0 amide bonds. The zero-order valence-electron chi connectivity index (χ0n) is 19.7. The van der Waals surface area contributed by atoms with Crippen molar-refractivity contribution in [1.82, 2.24) is 42.5 Å². The Morgan fingerprint density at radius 3 is 0.469 bits per heavy atom. The first-order valence-corrected chi connectivity index (χ1v) is 11.7. The fraction of sp³-hybridized carbons (Fsp3) is 1.00. The van der Waals surface area contributed by atoms with E-state index in [9.17, 15) is 0 Å². The van der Waals surface area contributed by atoms with E-state index in [0.29, 0.717) is 0 Å². The molecule has 2 aliphatic rings. The molecule has 2 saturated heterocycles.